The third kappa shape index (κ3) is 2.07. The molecule has 0 saturated heterocycles. The van der Waals surface area contributed by atoms with Crippen LogP contribution in [-0.2, 0) is 16.7 Å². The Morgan fingerprint density at radius 2 is 2.04 bits per heavy atom. The fourth-order valence-electron chi connectivity index (χ4n) is 4.24. The average Bonchev–Trinajstić information content (AvgIpc) is 2.61. The minimum absolute atomic E-state index is 0.00621. The Kier molecular flexibility index (Phi) is 3.57. The molecule has 3 heteroatoms. The lowest BCUT2D eigenvalue weighted by molar-refractivity contribution is 0.0441. The molecule has 0 aliphatic carbocycles. The molecule has 2 heterocycles. The molecule has 4 rings (SSSR count). The van der Waals surface area contributed by atoms with Gasteiger partial charge in [-0.15, -0.1) is 0 Å². The van der Waals surface area contributed by atoms with Crippen molar-refractivity contribution in [3.8, 4) is 5.75 Å². The van der Waals surface area contributed by atoms with E-state index in [1.165, 1.54) is 16.7 Å². The van der Waals surface area contributed by atoms with Gasteiger partial charge in [0.2, 0.25) is 0 Å². The van der Waals surface area contributed by atoms with Gasteiger partial charge in [-0.2, -0.15) is 0 Å². The van der Waals surface area contributed by atoms with Gasteiger partial charge >= 0.3 is 0 Å². The lowest BCUT2D eigenvalue weighted by Gasteiger charge is -2.52. The van der Waals surface area contributed by atoms with E-state index < -0.39 is 0 Å². The Morgan fingerprint density at radius 1 is 1.25 bits per heavy atom. The molecule has 2 aliphatic rings. The van der Waals surface area contributed by atoms with Gasteiger partial charge in [0.05, 0.1) is 25.4 Å². The molecule has 125 valence electrons. The molecule has 0 unspecified atom stereocenters. The largest absolute Gasteiger partial charge is 0.493 e. The first-order valence-electron chi connectivity index (χ1n) is 8.55. The zero-order valence-electron chi connectivity index (χ0n) is 14.6. The number of fused-ring (bicyclic) bond motifs is 4. The summed E-state index contributed by atoms with van der Waals surface area (Å²) in [4.78, 5) is 5.87. The first kappa shape index (κ1) is 15.5. The fraction of sp³-hybridized carbons (Fsp3) is 0.381. The number of nitrogens with zero attached hydrogens (tertiary/aromatic N) is 1. The second-order valence-electron chi connectivity index (χ2n) is 7.23. The van der Waals surface area contributed by atoms with Crippen LogP contribution in [0.1, 0.15) is 36.6 Å². The van der Waals surface area contributed by atoms with Gasteiger partial charge in [0.25, 0.3) is 0 Å². The van der Waals surface area contributed by atoms with Crippen molar-refractivity contribution < 1.29 is 9.57 Å². The van der Waals surface area contributed by atoms with Crippen LogP contribution in [0, 0.1) is 12.8 Å². The number of hydrogen-bond donors (Lipinski definition) is 0. The number of benzene rings is 2. The predicted molar refractivity (Wildman–Crippen MR) is 96.2 cm³/mol. The molecule has 2 aromatic carbocycles. The van der Waals surface area contributed by atoms with Crippen LogP contribution in [-0.4, -0.2) is 13.7 Å². The number of anilines is 1. The highest BCUT2D eigenvalue weighted by molar-refractivity contribution is 5.62. The van der Waals surface area contributed by atoms with Crippen molar-refractivity contribution in [2.24, 2.45) is 5.92 Å². The van der Waals surface area contributed by atoms with Gasteiger partial charge in [0, 0.05) is 16.9 Å². The van der Waals surface area contributed by atoms with E-state index in [0.717, 1.165) is 17.9 Å². The SMILES string of the molecule is [CH2]Cc1ccc2c(c1)C(C)(C)[C@H]1COc3ccccc3[C@H]1N2OC. The molecule has 0 aromatic heterocycles. The van der Waals surface area contributed by atoms with Crippen molar-refractivity contribution in [1.82, 2.24) is 0 Å². The van der Waals surface area contributed by atoms with E-state index in [4.69, 9.17) is 9.57 Å². The Labute approximate surface area is 144 Å². The molecule has 2 atom stereocenters. The van der Waals surface area contributed by atoms with Crippen LogP contribution in [0.2, 0.25) is 0 Å². The van der Waals surface area contributed by atoms with E-state index >= 15 is 0 Å². The van der Waals surface area contributed by atoms with Gasteiger partial charge in [-0.3, -0.25) is 4.84 Å². The lowest BCUT2D eigenvalue weighted by atomic mass is 9.65. The Hall–Kier alpha value is -2.00. The molecule has 0 bridgehead atoms. The lowest BCUT2D eigenvalue weighted by Crippen LogP contribution is -2.51. The summed E-state index contributed by atoms with van der Waals surface area (Å²) >= 11 is 0. The van der Waals surface area contributed by atoms with E-state index in [1.807, 2.05) is 12.1 Å². The van der Waals surface area contributed by atoms with Crippen LogP contribution in [0.3, 0.4) is 0 Å². The molecule has 0 saturated carbocycles. The smallest absolute Gasteiger partial charge is 0.124 e. The molecule has 0 spiro atoms. The van der Waals surface area contributed by atoms with Crippen LogP contribution >= 0.6 is 0 Å². The van der Waals surface area contributed by atoms with Gasteiger partial charge in [-0.25, -0.2) is 5.06 Å². The van der Waals surface area contributed by atoms with Crippen molar-refractivity contribution in [2.75, 3.05) is 18.8 Å². The van der Waals surface area contributed by atoms with E-state index in [1.54, 1.807) is 7.11 Å². The van der Waals surface area contributed by atoms with E-state index in [0.29, 0.717) is 12.5 Å². The van der Waals surface area contributed by atoms with Gasteiger partial charge in [-0.1, -0.05) is 44.2 Å². The highest BCUT2D eigenvalue weighted by atomic mass is 16.7. The van der Waals surface area contributed by atoms with Crippen LogP contribution in [0.4, 0.5) is 5.69 Å². The second kappa shape index (κ2) is 5.52. The second-order valence-corrected chi connectivity index (χ2v) is 7.23. The third-order valence-corrected chi connectivity index (χ3v) is 5.69. The Morgan fingerprint density at radius 3 is 2.79 bits per heavy atom. The topological polar surface area (TPSA) is 21.7 Å². The van der Waals surface area contributed by atoms with Crippen LogP contribution in [0.15, 0.2) is 42.5 Å². The molecule has 2 aliphatic heterocycles. The van der Waals surface area contributed by atoms with Gasteiger partial charge < -0.3 is 4.74 Å². The van der Waals surface area contributed by atoms with Crippen molar-refractivity contribution in [2.45, 2.75) is 31.7 Å². The summed E-state index contributed by atoms with van der Waals surface area (Å²) < 4.78 is 6.10. The summed E-state index contributed by atoms with van der Waals surface area (Å²) in [7, 11) is 1.76. The number of hydroxylamine groups is 1. The summed E-state index contributed by atoms with van der Waals surface area (Å²) in [6.45, 7) is 9.37. The zero-order valence-corrected chi connectivity index (χ0v) is 14.6. The third-order valence-electron chi connectivity index (χ3n) is 5.69. The summed E-state index contributed by atoms with van der Waals surface area (Å²) in [5.74, 6) is 1.29. The maximum Gasteiger partial charge on any atom is 0.124 e. The minimum atomic E-state index is -0.00621. The zero-order chi connectivity index (χ0) is 16.9. The standard InChI is InChI=1S/C21H24NO2/c1-5-14-10-11-18-16(12-14)21(2,3)17-13-24-19-9-7-6-8-15(19)20(17)22(18)23-4/h6-12,17,20H,1,5,13H2,2-4H3/t17-,20+/m0/s1. The first-order valence-corrected chi connectivity index (χ1v) is 8.55. The summed E-state index contributed by atoms with van der Waals surface area (Å²) in [6, 6.07) is 15.1. The van der Waals surface area contributed by atoms with Gasteiger partial charge in [0.15, 0.2) is 0 Å². The summed E-state index contributed by atoms with van der Waals surface area (Å²) in [5.41, 5.74) is 4.92. The number of ether oxygens (including phenoxy) is 1. The molecular formula is C21H24NO2. The summed E-state index contributed by atoms with van der Waals surface area (Å²) in [6.07, 6.45) is 0.795. The van der Waals surface area contributed by atoms with Crippen LogP contribution < -0.4 is 9.80 Å². The van der Waals surface area contributed by atoms with Crippen molar-refractivity contribution in [3.63, 3.8) is 0 Å². The molecule has 1 radical (unpaired) electrons. The summed E-state index contributed by atoms with van der Waals surface area (Å²) in [5, 5.41) is 2.07. The fourth-order valence-corrected chi connectivity index (χ4v) is 4.24. The van der Waals surface area contributed by atoms with E-state index in [9.17, 15) is 0 Å². The molecule has 0 fully saturated rings. The van der Waals surface area contributed by atoms with Crippen molar-refractivity contribution >= 4 is 5.69 Å². The molecule has 24 heavy (non-hydrogen) atoms. The highest BCUT2D eigenvalue weighted by Crippen LogP contribution is 2.55. The maximum absolute atomic E-state index is 6.10. The Bertz CT molecular complexity index is 768. The number of rotatable bonds is 2. The molecule has 0 amide bonds. The molecule has 2 aromatic rings. The first-order chi connectivity index (χ1) is 11.6. The van der Waals surface area contributed by atoms with Crippen LogP contribution in [0.5, 0.6) is 5.75 Å². The monoisotopic (exact) mass is 322 g/mol. The molecule has 0 N–H and O–H groups in total. The number of hydrogen-bond acceptors (Lipinski definition) is 3. The average molecular weight is 322 g/mol. The highest BCUT2D eigenvalue weighted by Gasteiger charge is 2.50. The van der Waals surface area contributed by atoms with E-state index in [-0.39, 0.29) is 11.5 Å². The normalized spacial score (nSPS) is 23.8. The van der Waals surface area contributed by atoms with Crippen molar-refractivity contribution in [3.05, 3.63) is 66.1 Å². The quantitative estimate of drug-likeness (QED) is 0.814. The maximum atomic E-state index is 6.10. The Balaban J connectivity index is 1.93. The molecule has 3 nitrogen and oxygen atoms in total. The van der Waals surface area contributed by atoms with E-state index in [2.05, 4.69) is 56.2 Å². The number of para-hydroxylation sites is 1. The minimum Gasteiger partial charge on any atom is -0.493 e. The predicted octanol–water partition coefficient (Wildman–Crippen LogP) is 4.47. The molecular weight excluding hydrogens is 298 g/mol. The van der Waals surface area contributed by atoms with Gasteiger partial charge in [0.1, 0.15) is 5.75 Å². The van der Waals surface area contributed by atoms with Gasteiger partial charge in [-0.05, 0) is 36.6 Å². The van der Waals surface area contributed by atoms with Crippen molar-refractivity contribution in [1.29, 1.82) is 0 Å². The van der Waals surface area contributed by atoms with Crippen LogP contribution in [0.25, 0.3) is 0 Å².